The lowest BCUT2D eigenvalue weighted by Gasteiger charge is -2.11. The number of hydrogen-bond donors (Lipinski definition) is 1. The summed E-state index contributed by atoms with van der Waals surface area (Å²) in [6, 6.07) is 16.3. The molecule has 0 unspecified atom stereocenters. The quantitative estimate of drug-likeness (QED) is 0.606. The van der Waals surface area contributed by atoms with Gasteiger partial charge in [-0.3, -0.25) is 4.79 Å². The van der Waals surface area contributed by atoms with Crippen LogP contribution in [0.5, 0.6) is 0 Å². The Kier molecular flexibility index (Phi) is 3.75. The molecule has 1 aliphatic heterocycles. The smallest absolute Gasteiger partial charge is 0.256 e. The van der Waals surface area contributed by atoms with Gasteiger partial charge in [0.1, 0.15) is 11.5 Å². The zero-order chi connectivity index (χ0) is 18.4. The van der Waals surface area contributed by atoms with E-state index in [0.29, 0.717) is 5.57 Å². The highest BCUT2D eigenvalue weighted by Crippen LogP contribution is 2.41. The van der Waals surface area contributed by atoms with Crippen LogP contribution in [0.1, 0.15) is 41.1 Å². The minimum Gasteiger partial charge on any atom is -0.461 e. The molecule has 3 aromatic rings. The van der Waals surface area contributed by atoms with E-state index in [4.69, 9.17) is 4.42 Å². The molecule has 0 spiro atoms. The van der Waals surface area contributed by atoms with Gasteiger partial charge in [-0.2, -0.15) is 0 Å². The van der Waals surface area contributed by atoms with E-state index in [1.54, 1.807) is 0 Å². The monoisotopic (exact) mass is 355 g/mol. The van der Waals surface area contributed by atoms with Gasteiger partial charge in [0.2, 0.25) is 0 Å². The maximum atomic E-state index is 12.7. The highest BCUT2D eigenvalue weighted by atomic mass is 16.3. The zero-order valence-electron chi connectivity index (χ0n) is 15.3. The van der Waals surface area contributed by atoms with Crippen molar-refractivity contribution in [2.24, 2.45) is 0 Å². The van der Waals surface area contributed by atoms with Crippen LogP contribution in [0.15, 0.2) is 52.9 Å². The minimum atomic E-state index is -0.0623. The molecule has 0 bridgehead atoms. The number of anilines is 1. The van der Waals surface area contributed by atoms with E-state index < -0.39 is 0 Å². The fraction of sp³-hybridized carbons (Fsp3) is 0.208. The molecule has 0 fully saturated rings. The van der Waals surface area contributed by atoms with Gasteiger partial charge in [-0.15, -0.1) is 0 Å². The Labute approximate surface area is 158 Å². The van der Waals surface area contributed by atoms with E-state index in [0.717, 1.165) is 58.7 Å². The molecule has 0 saturated carbocycles. The van der Waals surface area contributed by atoms with Crippen LogP contribution in [0.4, 0.5) is 5.69 Å². The number of aryl methyl sites for hydroxylation is 2. The number of fused-ring (bicyclic) bond motifs is 2. The van der Waals surface area contributed by atoms with Crippen molar-refractivity contribution in [2.45, 2.75) is 32.6 Å². The molecule has 27 heavy (non-hydrogen) atoms. The maximum absolute atomic E-state index is 12.7. The van der Waals surface area contributed by atoms with E-state index in [2.05, 4.69) is 29.6 Å². The third kappa shape index (κ3) is 2.62. The number of nitrogens with one attached hydrogen (secondary N) is 1. The van der Waals surface area contributed by atoms with Crippen LogP contribution in [-0.2, 0) is 17.6 Å². The highest BCUT2D eigenvalue weighted by Gasteiger charge is 2.28. The second-order valence-corrected chi connectivity index (χ2v) is 7.33. The van der Waals surface area contributed by atoms with E-state index in [9.17, 15) is 4.79 Å². The SMILES string of the molecule is Cc1cccc2c1C(=Cc1oc3c(c1-c1ccccc1)CCCC3)C(=O)N2. The topological polar surface area (TPSA) is 42.2 Å². The van der Waals surface area contributed by atoms with Crippen molar-refractivity contribution in [1.82, 2.24) is 0 Å². The number of carbonyl (C=O) groups excluding carboxylic acids is 1. The van der Waals surface area contributed by atoms with Crippen molar-refractivity contribution in [1.29, 1.82) is 0 Å². The molecule has 134 valence electrons. The van der Waals surface area contributed by atoms with Gasteiger partial charge in [-0.25, -0.2) is 0 Å². The van der Waals surface area contributed by atoms with Crippen molar-refractivity contribution in [3.05, 3.63) is 76.7 Å². The predicted octanol–water partition coefficient (Wildman–Crippen LogP) is 5.63. The first kappa shape index (κ1) is 16.1. The van der Waals surface area contributed by atoms with Gasteiger partial charge in [-0.05, 0) is 49.5 Å². The molecule has 3 nitrogen and oxygen atoms in total. The molecule has 2 aromatic carbocycles. The molecule has 0 radical (unpaired) electrons. The van der Waals surface area contributed by atoms with E-state index in [1.165, 1.54) is 12.0 Å². The maximum Gasteiger partial charge on any atom is 0.256 e. The molecule has 1 aromatic heterocycles. The Morgan fingerprint density at radius 3 is 2.63 bits per heavy atom. The standard InChI is InChI=1S/C24H21NO2/c1-15-8-7-12-19-22(15)18(24(26)25-19)14-21-23(16-9-3-2-4-10-16)17-11-5-6-13-20(17)27-21/h2-4,7-10,12,14H,5-6,11,13H2,1H3,(H,25,26). The van der Waals surface area contributed by atoms with Crippen molar-refractivity contribution >= 4 is 23.2 Å². The Morgan fingerprint density at radius 1 is 0.963 bits per heavy atom. The Hall–Kier alpha value is -3.07. The van der Waals surface area contributed by atoms with Crippen LogP contribution in [0.25, 0.3) is 22.8 Å². The molecule has 1 N–H and O–H groups in total. The lowest BCUT2D eigenvalue weighted by Crippen LogP contribution is -2.03. The molecule has 2 aliphatic rings. The van der Waals surface area contributed by atoms with Crippen LogP contribution in [0.3, 0.4) is 0 Å². The number of benzene rings is 2. The second-order valence-electron chi connectivity index (χ2n) is 7.33. The van der Waals surface area contributed by atoms with Crippen molar-refractivity contribution in [2.75, 3.05) is 5.32 Å². The first-order valence-electron chi connectivity index (χ1n) is 9.55. The van der Waals surface area contributed by atoms with Gasteiger partial charge < -0.3 is 9.73 Å². The second kappa shape index (κ2) is 6.27. The van der Waals surface area contributed by atoms with Gasteiger partial charge in [0.15, 0.2) is 0 Å². The molecule has 0 saturated heterocycles. The van der Waals surface area contributed by atoms with Gasteiger partial charge in [0.05, 0.1) is 5.57 Å². The summed E-state index contributed by atoms with van der Waals surface area (Å²) in [5, 5.41) is 2.98. The number of amides is 1. The Bertz CT molecular complexity index is 1070. The summed E-state index contributed by atoms with van der Waals surface area (Å²) in [4.78, 5) is 12.7. The molecule has 0 atom stereocenters. The molecule has 5 rings (SSSR count). The Balaban J connectivity index is 1.72. The van der Waals surface area contributed by atoms with Gasteiger partial charge >= 0.3 is 0 Å². The normalized spacial score (nSPS) is 16.9. The molecular weight excluding hydrogens is 334 g/mol. The first-order chi connectivity index (χ1) is 13.2. The summed E-state index contributed by atoms with van der Waals surface area (Å²) in [5.41, 5.74) is 7.25. The van der Waals surface area contributed by atoms with Crippen molar-refractivity contribution in [3.8, 4) is 11.1 Å². The summed E-state index contributed by atoms with van der Waals surface area (Å²) < 4.78 is 6.30. The van der Waals surface area contributed by atoms with E-state index in [-0.39, 0.29) is 5.91 Å². The summed E-state index contributed by atoms with van der Waals surface area (Å²) in [6.45, 7) is 2.04. The average Bonchev–Trinajstić information content (AvgIpc) is 3.21. The predicted molar refractivity (Wildman–Crippen MR) is 108 cm³/mol. The molecular formula is C24H21NO2. The summed E-state index contributed by atoms with van der Waals surface area (Å²) in [5.74, 6) is 1.82. The van der Waals surface area contributed by atoms with Crippen LogP contribution in [0.2, 0.25) is 0 Å². The third-order valence-corrected chi connectivity index (χ3v) is 5.57. The largest absolute Gasteiger partial charge is 0.461 e. The number of furan rings is 1. The lowest BCUT2D eigenvalue weighted by atomic mass is 9.90. The fourth-order valence-electron chi connectivity index (χ4n) is 4.31. The van der Waals surface area contributed by atoms with Crippen molar-refractivity contribution < 1.29 is 9.21 Å². The van der Waals surface area contributed by atoms with Crippen molar-refractivity contribution in [3.63, 3.8) is 0 Å². The summed E-state index contributed by atoms with van der Waals surface area (Å²) in [7, 11) is 0. The van der Waals surface area contributed by atoms with Crippen LogP contribution >= 0.6 is 0 Å². The van der Waals surface area contributed by atoms with E-state index >= 15 is 0 Å². The number of rotatable bonds is 2. The van der Waals surface area contributed by atoms with Crippen LogP contribution in [0, 0.1) is 6.92 Å². The van der Waals surface area contributed by atoms with Gasteiger partial charge in [0, 0.05) is 28.8 Å². The Morgan fingerprint density at radius 2 is 1.78 bits per heavy atom. The van der Waals surface area contributed by atoms with E-state index in [1.807, 2.05) is 37.3 Å². The lowest BCUT2D eigenvalue weighted by molar-refractivity contribution is -0.110. The molecule has 1 amide bonds. The van der Waals surface area contributed by atoms with Gasteiger partial charge in [-0.1, -0.05) is 42.5 Å². The van der Waals surface area contributed by atoms with Crippen LogP contribution < -0.4 is 5.32 Å². The first-order valence-corrected chi connectivity index (χ1v) is 9.55. The molecule has 2 heterocycles. The third-order valence-electron chi connectivity index (χ3n) is 5.57. The van der Waals surface area contributed by atoms with Gasteiger partial charge in [0.25, 0.3) is 5.91 Å². The summed E-state index contributed by atoms with van der Waals surface area (Å²) in [6.07, 6.45) is 6.29. The summed E-state index contributed by atoms with van der Waals surface area (Å²) >= 11 is 0. The zero-order valence-corrected chi connectivity index (χ0v) is 15.3. The van der Waals surface area contributed by atoms with Crippen LogP contribution in [-0.4, -0.2) is 5.91 Å². The number of hydrogen-bond acceptors (Lipinski definition) is 2. The average molecular weight is 355 g/mol. The molecule has 3 heteroatoms. The minimum absolute atomic E-state index is 0.0623. The fourth-order valence-corrected chi connectivity index (χ4v) is 4.31. The highest BCUT2D eigenvalue weighted by molar-refractivity contribution is 6.35. The molecule has 1 aliphatic carbocycles. The number of carbonyl (C=O) groups is 1.